The Morgan fingerprint density at radius 2 is 1.73 bits per heavy atom. The number of hydrogen-bond donors (Lipinski definition) is 1. The van der Waals surface area contributed by atoms with E-state index in [1.165, 1.54) is 23.1 Å². The zero-order valence-corrected chi connectivity index (χ0v) is 31.4. The van der Waals surface area contributed by atoms with Gasteiger partial charge in [-0.05, 0) is 92.4 Å². The van der Waals surface area contributed by atoms with Crippen LogP contribution in [0.1, 0.15) is 61.4 Å². The molecule has 0 bridgehead atoms. The number of anilines is 1. The van der Waals surface area contributed by atoms with Crippen LogP contribution in [-0.2, 0) is 29.3 Å². The van der Waals surface area contributed by atoms with Crippen LogP contribution in [0.5, 0.6) is 0 Å². The molecule has 1 N–H and O–H groups in total. The molecule has 258 valence electrons. The first kappa shape index (κ1) is 37.6. The third-order valence-corrected chi connectivity index (χ3v) is 10.8. The predicted octanol–water partition coefficient (Wildman–Crippen LogP) is 8.70. The number of rotatable bonds is 7. The first-order chi connectivity index (χ1) is 22.4. The minimum absolute atomic E-state index is 0.139. The zero-order chi connectivity index (χ0) is 35.6. The molecule has 3 aromatic rings. The van der Waals surface area contributed by atoms with Gasteiger partial charge < -0.3 is 19.7 Å². The number of carbonyl (C=O) groups excluding carboxylic acids is 3. The molecule has 0 aliphatic carbocycles. The van der Waals surface area contributed by atoms with Crippen LogP contribution >= 0.6 is 23.2 Å². The van der Waals surface area contributed by atoms with Gasteiger partial charge >= 0.3 is 5.97 Å². The van der Waals surface area contributed by atoms with E-state index in [1.54, 1.807) is 76.4 Å². The van der Waals surface area contributed by atoms with Crippen molar-refractivity contribution in [1.29, 1.82) is 0 Å². The topological polar surface area (TPSA) is 84.9 Å². The van der Waals surface area contributed by atoms with Crippen molar-refractivity contribution in [3.05, 3.63) is 98.8 Å². The number of likely N-dealkylation sites (tertiary alicyclic amines) is 1. The Morgan fingerprint density at radius 3 is 2.33 bits per heavy atom. The van der Waals surface area contributed by atoms with Gasteiger partial charge in [0.25, 0.3) is 0 Å². The van der Waals surface area contributed by atoms with Gasteiger partial charge in [0.15, 0.2) is 0 Å². The van der Waals surface area contributed by atoms with E-state index >= 15 is 0 Å². The minimum atomic E-state index is -1.45. The molecule has 3 aromatic carbocycles. The van der Waals surface area contributed by atoms with Gasteiger partial charge in [0.1, 0.15) is 23.4 Å². The predicted molar refractivity (Wildman–Crippen MR) is 192 cm³/mol. The summed E-state index contributed by atoms with van der Waals surface area (Å²) in [4.78, 5) is 42.9. The third-order valence-electron chi connectivity index (χ3n) is 8.60. The van der Waals surface area contributed by atoms with Crippen LogP contribution in [0.3, 0.4) is 0 Å². The molecule has 2 aliphatic heterocycles. The van der Waals surface area contributed by atoms with Crippen molar-refractivity contribution in [2.24, 2.45) is 0 Å². The molecule has 7 nitrogen and oxygen atoms in total. The molecule has 1 spiro atoms. The van der Waals surface area contributed by atoms with Crippen LogP contribution in [0.25, 0.3) is 0 Å². The monoisotopic (exact) mass is 714 g/mol. The second kappa shape index (κ2) is 14.7. The number of carbonyl (C=O) groups is 3. The van der Waals surface area contributed by atoms with Gasteiger partial charge in [0.2, 0.25) is 11.8 Å². The average molecular weight is 716 g/mol. The van der Waals surface area contributed by atoms with E-state index in [0.29, 0.717) is 32.4 Å². The number of benzene rings is 3. The summed E-state index contributed by atoms with van der Waals surface area (Å²) in [5, 5.41) is 3.79. The van der Waals surface area contributed by atoms with Crippen LogP contribution in [0, 0.1) is 12.7 Å². The van der Waals surface area contributed by atoms with E-state index in [2.05, 4.69) is 25.0 Å². The Balaban J connectivity index is 0.000000579. The van der Waals surface area contributed by atoms with Gasteiger partial charge in [-0.15, -0.1) is 0 Å². The van der Waals surface area contributed by atoms with Gasteiger partial charge in [-0.1, -0.05) is 67.1 Å². The Kier molecular flexibility index (Phi) is 11.5. The average Bonchev–Trinajstić information content (AvgIpc) is 3.24. The fraction of sp³-hybridized carbons (Fsp3) is 0.432. The second-order valence-corrected chi connectivity index (χ2v) is 21.1. The lowest BCUT2D eigenvalue weighted by Crippen LogP contribution is -2.59. The summed E-state index contributed by atoms with van der Waals surface area (Å²) in [5.74, 6) is -2.61. The maximum absolute atomic E-state index is 14.7. The largest absolute Gasteiger partial charge is 0.459 e. The molecule has 1 fully saturated rings. The molecule has 2 amide bonds. The van der Waals surface area contributed by atoms with Crippen LogP contribution in [0.15, 0.2) is 60.7 Å². The molecule has 0 aromatic heterocycles. The van der Waals surface area contributed by atoms with E-state index in [0.717, 1.165) is 12.2 Å². The molecular formula is C37H45Cl2FN2O5Si. The molecule has 48 heavy (non-hydrogen) atoms. The summed E-state index contributed by atoms with van der Waals surface area (Å²) in [6.07, 6.45) is -0.139. The molecule has 0 radical (unpaired) electrons. The van der Waals surface area contributed by atoms with Crippen molar-refractivity contribution < 1.29 is 28.2 Å². The Hall–Kier alpha value is -3.24. The zero-order valence-electron chi connectivity index (χ0n) is 28.9. The summed E-state index contributed by atoms with van der Waals surface area (Å²) in [7, 11) is 0.961. The van der Waals surface area contributed by atoms with Crippen molar-refractivity contribution in [2.75, 3.05) is 25.6 Å². The SMILES string of the molecule is COCC[Si](C)(C)C.Cc1ccc(F)cc1[C@H]1CC(=O)N(CC(=O)OC(C)(C)C)[C@@H](c2cccc(Cl)c2)[C@]12C(=O)Nc1cc(Cl)ccc12. The first-order valence-electron chi connectivity index (χ1n) is 16.0. The van der Waals surface area contributed by atoms with Crippen molar-refractivity contribution in [1.82, 2.24) is 4.90 Å². The molecule has 0 unspecified atom stereocenters. The number of halogens is 3. The highest BCUT2D eigenvalue weighted by molar-refractivity contribution is 6.76. The van der Waals surface area contributed by atoms with Gasteiger partial charge in [-0.2, -0.15) is 0 Å². The molecule has 5 rings (SSSR count). The maximum atomic E-state index is 14.7. The quantitative estimate of drug-likeness (QED) is 0.196. The molecule has 3 atom stereocenters. The van der Waals surface area contributed by atoms with Crippen LogP contribution < -0.4 is 5.32 Å². The minimum Gasteiger partial charge on any atom is -0.459 e. The lowest BCUT2D eigenvalue weighted by atomic mass is 9.58. The van der Waals surface area contributed by atoms with Crippen molar-refractivity contribution in [3.63, 3.8) is 0 Å². The highest BCUT2D eigenvalue weighted by Gasteiger charge is 2.63. The number of fused-ring (bicyclic) bond motifs is 2. The lowest BCUT2D eigenvalue weighted by Gasteiger charge is -2.51. The van der Waals surface area contributed by atoms with Crippen LogP contribution in [-0.4, -0.2) is 56.6 Å². The lowest BCUT2D eigenvalue weighted by molar-refractivity contribution is -0.164. The number of hydrogen-bond acceptors (Lipinski definition) is 5. The Morgan fingerprint density at radius 1 is 1.04 bits per heavy atom. The highest BCUT2D eigenvalue weighted by Crippen LogP contribution is 2.60. The summed E-state index contributed by atoms with van der Waals surface area (Å²) in [5.41, 5.74) is 0.695. The van der Waals surface area contributed by atoms with Gasteiger partial charge in [0.05, 0.1) is 6.04 Å². The van der Waals surface area contributed by atoms with E-state index in [1.807, 2.05) is 6.92 Å². The first-order valence-corrected chi connectivity index (χ1v) is 20.5. The third kappa shape index (κ3) is 8.30. The van der Waals surface area contributed by atoms with Gasteiger partial charge in [0, 0.05) is 49.9 Å². The normalized spacial score (nSPS) is 20.6. The number of nitrogens with zero attached hydrogens (tertiary/aromatic N) is 1. The molecule has 2 heterocycles. The number of piperidine rings is 1. The molecule has 1 saturated heterocycles. The van der Waals surface area contributed by atoms with Crippen LogP contribution in [0.2, 0.25) is 35.7 Å². The summed E-state index contributed by atoms with van der Waals surface area (Å²) < 4.78 is 25.2. The molecule has 2 aliphatic rings. The fourth-order valence-corrected chi connectivity index (χ4v) is 7.73. The van der Waals surface area contributed by atoms with Gasteiger partial charge in [-0.25, -0.2) is 4.39 Å². The van der Waals surface area contributed by atoms with E-state index in [4.69, 9.17) is 32.7 Å². The second-order valence-electron chi connectivity index (χ2n) is 14.6. The van der Waals surface area contributed by atoms with Crippen molar-refractivity contribution in [3.8, 4) is 0 Å². The van der Waals surface area contributed by atoms with Gasteiger partial charge in [-0.3, -0.25) is 14.4 Å². The smallest absolute Gasteiger partial charge is 0.326 e. The number of esters is 1. The van der Waals surface area contributed by atoms with E-state index in [9.17, 15) is 18.8 Å². The van der Waals surface area contributed by atoms with E-state index < -0.39 is 42.8 Å². The number of methoxy groups -OCH3 is 1. The number of ether oxygens (including phenoxy) is 2. The Labute approximate surface area is 294 Å². The summed E-state index contributed by atoms with van der Waals surface area (Å²) >= 11 is 12.7. The molecule has 0 saturated carbocycles. The standard InChI is InChI=1S/C31H29Cl2FN2O4.C6H16OSi/c1-17-8-10-21(34)14-22(17)24-15-26(37)36(16-27(38)40-30(2,3)4)28(18-6-5-7-19(32)12-18)31(24)23-11-9-20(33)13-25(23)35-29(31)39;1-7-5-6-8(2,3)4/h5-14,24,28H,15-16H2,1-4H3,(H,35,39);5-6H2,1-4H3/t24-,28+,31-;/m1./s1. The number of nitrogens with one attached hydrogen (secondary N) is 1. The molecular weight excluding hydrogens is 670 g/mol. The number of amides is 2. The fourth-order valence-electron chi connectivity index (χ4n) is 6.54. The highest BCUT2D eigenvalue weighted by atomic mass is 35.5. The van der Waals surface area contributed by atoms with Crippen molar-refractivity contribution in [2.45, 2.75) is 82.8 Å². The maximum Gasteiger partial charge on any atom is 0.326 e. The Bertz CT molecular complexity index is 1690. The van der Waals surface area contributed by atoms with E-state index in [-0.39, 0.29) is 24.8 Å². The summed E-state index contributed by atoms with van der Waals surface area (Å²) in [6.45, 7) is 14.7. The van der Waals surface area contributed by atoms with Crippen molar-refractivity contribution >= 4 is 54.7 Å². The number of aryl methyl sites for hydroxylation is 1. The molecule has 11 heteroatoms. The summed E-state index contributed by atoms with van der Waals surface area (Å²) in [6, 6.07) is 16.7. The van der Waals surface area contributed by atoms with Crippen LogP contribution in [0.4, 0.5) is 10.1 Å².